The molecule has 6 heteroatoms. The van der Waals surface area contributed by atoms with Gasteiger partial charge < -0.3 is 29.9 Å². The fourth-order valence-electron chi connectivity index (χ4n) is 10.5. The van der Waals surface area contributed by atoms with Crippen molar-refractivity contribution in [3.8, 4) is 0 Å². The molecule has 6 nitrogen and oxygen atoms in total. The molecule has 0 aromatic heterocycles. The first-order chi connectivity index (χ1) is 19.3. The molecular formula is C35H60O6. The van der Waals surface area contributed by atoms with Crippen molar-refractivity contribution in [1.82, 2.24) is 0 Å². The third-order valence-corrected chi connectivity index (χ3v) is 13.7. The maximum Gasteiger partial charge on any atom is 0.186 e. The molecule has 15 atom stereocenters. The van der Waals surface area contributed by atoms with Crippen LogP contribution in [0.25, 0.3) is 0 Å². The van der Waals surface area contributed by atoms with Gasteiger partial charge in [0.15, 0.2) is 6.29 Å². The van der Waals surface area contributed by atoms with Crippen LogP contribution in [0.2, 0.25) is 0 Å². The highest BCUT2D eigenvalue weighted by Crippen LogP contribution is 2.67. The van der Waals surface area contributed by atoms with E-state index < -0.39 is 37.3 Å². The van der Waals surface area contributed by atoms with Crippen LogP contribution < -0.4 is 0 Å². The molecule has 3 saturated carbocycles. The predicted octanol–water partition coefficient (Wildman–Crippen LogP) is 5.70. The summed E-state index contributed by atoms with van der Waals surface area (Å²) in [4.78, 5) is 0. The molecule has 0 spiro atoms. The number of hydrogen-bond acceptors (Lipinski definition) is 6. The summed E-state index contributed by atoms with van der Waals surface area (Å²) in [7, 11) is 0. The average molecular weight is 577 g/mol. The zero-order chi connectivity index (χ0) is 29.9. The number of allylic oxidation sites excluding steroid dienone is 2. The summed E-state index contributed by atoms with van der Waals surface area (Å²) in [6.45, 7) is 16.7. The van der Waals surface area contributed by atoms with Crippen LogP contribution in [0.5, 0.6) is 0 Å². The molecule has 1 aliphatic heterocycles. The molecule has 236 valence electrons. The largest absolute Gasteiger partial charge is 0.394 e. The third-order valence-electron chi connectivity index (χ3n) is 13.7. The molecule has 1 unspecified atom stereocenters. The molecule has 41 heavy (non-hydrogen) atoms. The Labute approximate surface area is 249 Å². The van der Waals surface area contributed by atoms with Gasteiger partial charge in [-0.2, -0.15) is 0 Å². The van der Waals surface area contributed by atoms with E-state index in [1.165, 1.54) is 38.5 Å². The van der Waals surface area contributed by atoms with Gasteiger partial charge in [-0.15, -0.1) is 0 Å². The smallest absolute Gasteiger partial charge is 0.186 e. The molecule has 4 aliphatic carbocycles. The van der Waals surface area contributed by atoms with Gasteiger partial charge in [0, 0.05) is 0 Å². The Bertz CT molecular complexity index is 934. The zero-order valence-electron chi connectivity index (χ0n) is 26.8. The summed E-state index contributed by atoms with van der Waals surface area (Å²) >= 11 is 0. The van der Waals surface area contributed by atoms with Crippen molar-refractivity contribution in [1.29, 1.82) is 0 Å². The highest BCUT2D eigenvalue weighted by Gasteiger charge is 2.59. The summed E-state index contributed by atoms with van der Waals surface area (Å²) in [6, 6.07) is 0. The van der Waals surface area contributed by atoms with E-state index in [1.807, 2.05) is 0 Å². The topological polar surface area (TPSA) is 99.4 Å². The Balaban J connectivity index is 1.27. The van der Waals surface area contributed by atoms with E-state index >= 15 is 0 Å². The molecule has 5 aliphatic rings. The first-order valence-electron chi connectivity index (χ1n) is 17.0. The Morgan fingerprint density at radius 2 is 1.59 bits per heavy atom. The van der Waals surface area contributed by atoms with Gasteiger partial charge in [-0.05, 0) is 103 Å². The lowest BCUT2D eigenvalue weighted by Gasteiger charge is -2.60. The molecule has 4 N–H and O–H groups in total. The van der Waals surface area contributed by atoms with E-state index in [1.54, 1.807) is 5.57 Å². The Morgan fingerprint density at radius 1 is 0.902 bits per heavy atom. The monoisotopic (exact) mass is 576 g/mol. The van der Waals surface area contributed by atoms with Crippen LogP contribution in [0.3, 0.4) is 0 Å². The lowest BCUT2D eigenvalue weighted by atomic mass is 9.46. The van der Waals surface area contributed by atoms with Gasteiger partial charge in [-0.1, -0.05) is 73.0 Å². The maximum atomic E-state index is 10.6. The van der Waals surface area contributed by atoms with Crippen molar-refractivity contribution < 1.29 is 29.9 Å². The standard InChI is InChI=1S/C35H60O6/c1-19(2)20(3)8-9-21(4)24-12-13-26-23-10-11-25-22(5)28(15-17-35(25,7)27(23)14-16-34(24,26)6)40-33-32(39)31(38)30(37)29(18-36)41-33/h10,19-22,24-33,36-39H,8-9,11-18H2,1-7H3/t20?,21-,22+,24-,25+,26+,27+,28+,29-,30-,31+,32-,33-,34-,35+/m1/s1. The minimum Gasteiger partial charge on any atom is -0.394 e. The van der Waals surface area contributed by atoms with Crippen molar-refractivity contribution in [2.75, 3.05) is 6.61 Å². The fraction of sp³-hybridized carbons (Fsp3) is 0.943. The molecule has 5 rings (SSSR count). The molecule has 0 amide bonds. The normalized spacial score (nSPS) is 49.6. The van der Waals surface area contributed by atoms with Crippen LogP contribution in [-0.2, 0) is 9.47 Å². The number of hydrogen-bond donors (Lipinski definition) is 4. The van der Waals surface area contributed by atoms with Gasteiger partial charge >= 0.3 is 0 Å². The number of ether oxygens (including phenoxy) is 2. The summed E-state index contributed by atoms with van der Waals surface area (Å²) in [5.41, 5.74) is 2.46. The molecule has 0 aromatic carbocycles. The van der Waals surface area contributed by atoms with E-state index in [0.29, 0.717) is 17.3 Å². The highest BCUT2D eigenvalue weighted by molar-refractivity contribution is 5.28. The molecule has 1 saturated heterocycles. The number of aliphatic hydroxyl groups excluding tert-OH is 4. The number of fused-ring (bicyclic) bond motifs is 5. The first kappa shape index (κ1) is 31.9. The summed E-state index contributed by atoms with van der Waals surface area (Å²) in [5.74, 6) is 5.36. The second-order valence-corrected chi connectivity index (χ2v) is 15.9. The van der Waals surface area contributed by atoms with Gasteiger partial charge in [0.25, 0.3) is 0 Å². The summed E-state index contributed by atoms with van der Waals surface area (Å²) < 4.78 is 12.1. The number of rotatable bonds is 8. The minimum absolute atomic E-state index is 0.0942. The van der Waals surface area contributed by atoms with Gasteiger partial charge in [0.2, 0.25) is 0 Å². The fourth-order valence-corrected chi connectivity index (χ4v) is 10.5. The lowest BCUT2D eigenvalue weighted by Crippen LogP contribution is -2.60. The molecular weight excluding hydrogens is 516 g/mol. The summed E-state index contributed by atoms with van der Waals surface area (Å²) in [5, 5.41) is 40.6. The highest BCUT2D eigenvalue weighted by atomic mass is 16.7. The lowest BCUT2D eigenvalue weighted by molar-refractivity contribution is -0.320. The van der Waals surface area contributed by atoms with Gasteiger partial charge in [0.1, 0.15) is 24.4 Å². The van der Waals surface area contributed by atoms with Crippen molar-refractivity contribution in [2.24, 2.45) is 58.2 Å². The molecule has 1 heterocycles. The van der Waals surface area contributed by atoms with Crippen molar-refractivity contribution in [3.63, 3.8) is 0 Å². The van der Waals surface area contributed by atoms with Crippen molar-refractivity contribution >= 4 is 0 Å². The van der Waals surface area contributed by atoms with Crippen LogP contribution in [-0.4, -0.2) is 63.8 Å². The van der Waals surface area contributed by atoms with E-state index in [0.717, 1.165) is 48.9 Å². The zero-order valence-corrected chi connectivity index (χ0v) is 26.8. The summed E-state index contributed by atoms with van der Waals surface area (Å²) in [6.07, 6.45) is 7.61. The molecule has 0 aromatic rings. The Kier molecular flexibility index (Phi) is 9.43. The van der Waals surface area contributed by atoms with Crippen molar-refractivity contribution in [2.45, 2.75) is 143 Å². The van der Waals surface area contributed by atoms with Crippen LogP contribution in [0.1, 0.15) is 106 Å². The third kappa shape index (κ3) is 5.50. The maximum absolute atomic E-state index is 10.6. The Hall–Kier alpha value is -0.500. The minimum atomic E-state index is -1.40. The van der Waals surface area contributed by atoms with Gasteiger partial charge in [-0.25, -0.2) is 0 Å². The van der Waals surface area contributed by atoms with E-state index in [2.05, 4.69) is 54.5 Å². The van der Waals surface area contributed by atoms with Crippen LogP contribution in [0.4, 0.5) is 0 Å². The predicted molar refractivity (Wildman–Crippen MR) is 161 cm³/mol. The van der Waals surface area contributed by atoms with E-state index in [-0.39, 0.29) is 17.4 Å². The average Bonchev–Trinajstić information content (AvgIpc) is 3.30. The van der Waals surface area contributed by atoms with Gasteiger partial charge in [-0.3, -0.25) is 0 Å². The number of aliphatic hydroxyl groups is 4. The van der Waals surface area contributed by atoms with E-state index in [9.17, 15) is 20.4 Å². The molecule has 0 radical (unpaired) electrons. The van der Waals surface area contributed by atoms with Gasteiger partial charge in [0.05, 0.1) is 12.7 Å². The molecule has 4 fully saturated rings. The van der Waals surface area contributed by atoms with E-state index in [4.69, 9.17) is 9.47 Å². The second-order valence-electron chi connectivity index (χ2n) is 15.9. The van der Waals surface area contributed by atoms with Crippen LogP contribution >= 0.6 is 0 Å². The van der Waals surface area contributed by atoms with Crippen LogP contribution in [0, 0.1) is 58.2 Å². The SMILES string of the molecule is CC(C)C(C)CC[C@@H](C)[C@H]1CC[C@H]2C3=CC[C@H]4[C@H](C)[C@@H](O[C@@H]5O[C@H](CO)[C@@H](O)[C@H](O)[C@H]5O)CC[C@]4(C)[C@H]3CC[C@]12C. The Morgan fingerprint density at radius 3 is 2.27 bits per heavy atom. The quantitative estimate of drug-likeness (QED) is 0.277. The van der Waals surface area contributed by atoms with Crippen LogP contribution in [0.15, 0.2) is 11.6 Å². The second kappa shape index (κ2) is 12.1. The first-order valence-corrected chi connectivity index (χ1v) is 17.0. The molecule has 0 bridgehead atoms. The van der Waals surface area contributed by atoms with Crippen molar-refractivity contribution in [3.05, 3.63) is 11.6 Å².